The third kappa shape index (κ3) is 3.74. The van der Waals surface area contributed by atoms with Crippen molar-refractivity contribution in [1.82, 2.24) is 24.5 Å². The van der Waals surface area contributed by atoms with E-state index in [0.717, 1.165) is 5.56 Å². The zero-order valence-electron chi connectivity index (χ0n) is 14.3. The second-order valence-corrected chi connectivity index (χ2v) is 5.98. The van der Waals surface area contributed by atoms with Crippen molar-refractivity contribution in [2.45, 2.75) is 13.1 Å². The largest absolute Gasteiger partial charge is 0.292 e. The number of rotatable bonds is 5. The summed E-state index contributed by atoms with van der Waals surface area (Å²) >= 11 is 0. The number of amides is 1. The van der Waals surface area contributed by atoms with Gasteiger partial charge in [-0.1, -0.05) is 42.5 Å². The van der Waals surface area contributed by atoms with E-state index in [1.54, 1.807) is 35.3 Å². The zero-order valence-corrected chi connectivity index (χ0v) is 14.3. The molecule has 2 aromatic heterocycles. The highest BCUT2D eigenvalue weighted by molar-refractivity contribution is 5.89. The number of carbonyl (C=O) groups is 1. The van der Waals surface area contributed by atoms with E-state index in [-0.39, 0.29) is 23.8 Å². The maximum absolute atomic E-state index is 12.3. The van der Waals surface area contributed by atoms with Crippen LogP contribution in [0.5, 0.6) is 0 Å². The molecule has 0 aliphatic heterocycles. The molecule has 0 radical (unpaired) electrons. The molecule has 0 unspecified atom stereocenters. The first-order valence-corrected chi connectivity index (χ1v) is 8.37. The maximum atomic E-state index is 12.3. The highest BCUT2D eigenvalue weighted by atomic mass is 16.2. The Morgan fingerprint density at radius 3 is 2.67 bits per heavy atom. The van der Waals surface area contributed by atoms with Gasteiger partial charge in [-0.25, -0.2) is 9.67 Å². The molecule has 4 aromatic rings. The SMILES string of the molecule is O=C(Cn1ncc(=O)c2ccccc21)Nc1ncn(Cc2ccccc2)n1. The standard InChI is InChI=1S/C19H16N6O2/c26-17-10-21-25(16-9-5-4-8-15(16)17)12-18(27)22-19-20-13-24(23-19)11-14-6-2-1-3-7-14/h1-10,13H,11-12H2,(H,22,23,27). The molecule has 1 amide bonds. The van der Waals surface area contributed by atoms with Crippen LogP contribution in [0.15, 0.2) is 71.9 Å². The number of benzene rings is 2. The van der Waals surface area contributed by atoms with E-state index >= 15 is 0 Å². The molecule has 0 atom stereocenters. The lowest BCUT2D eigenvalue weighted by atomic mass is 10.2. The minimum Gasteiger partial charge on any atom is -0.292 e. The maximum Gasteiger partial charge on any atom is 0.248 e. The van der Waals surface area contributed by atoms with Gasteiger partial charge >= 0.3 is 0 Å². The number of para-hydroxylation sites is 1. The average molecular weight is 360 g/mol. The molecule has 0 saturated carbocycles. The lowest BCUT2D eigenvalue weighted by Gasteiger charge is -2.08. The number of nitrogens with one attached hydrogen (secondary N) is 1. The molecule has 0 spiro atoms. The minimum absolute atomic E-state index is 0.0476. The number of hydrogen-bond donors (Lipinski definition) is 1. The van der Waals surface area contributed by atoms with E-state index in [1.807, 2.05) is 30.3 Å². The van der Waals surface area contributed by atoms with Crippen LogP contribution >= 0.6 is 0 Å². The molecule has 27 heavy (non-hydrogen) atoms. The third-order valence-corrected chi connectivity index (χ3v) is 4.03. The molecule has 134 valence electrons. The van der Waals surface area contributed by atoms with E-state index < -0.39 is 0 Å². The molecule has 0 bridgehead atoms. The van der Waals surface area contributed by atoms with Gasteiger partial charge in [0.15, 0.2) is 0 Å². The Morgan fingerprint density at radius 2 is 1.81 bits per heavy atom. The van der Waals surface area contributed by atoms with Gasteiger partial charge in [0.1, 0.15) is 12.9 Å². The number of aromatic nitrogens is 5. The number of hydrogen-bond acceptors (Lipinski definition) is 5. The summed E-state index contributed by atoms with van der Waals surface area (Å²) in [6.45, 7) is 0.517. The molecule has 2 aromatic carbocycles. The summed E-state index contributed by atoms with van der Waals surface area (Å²) in [5, 5.41) is 11.5. The first-order valence-electron chi connectivity index (χ1n) is 8.37. The fraction of sp³-hybridized carbons (Fsp3) is 0.105. The lowest BCUT2D eigenvalue weighted by molar-refractivity contribution is -0.116. The van der Waals surface area contributed by atoms with Crippen molar-refractivity contribution < 1.29 is 4.79 Å². The topological polar surface area (TPSA) is 94.7 Å². The van der Waals surface area contributed by atoms with Crippen LogP contribution in [-0.4, -0.2) is 30.5 Å². The number of carbonyl (C=O) groups excluding carboxylic acids is 1. The van der Waals surface area contributed by atoms with Crippen molar-refractivity contribution in [2.24, 2.45) is 0 Å². The summed E-state index contributed by atoms with van der Waals surface area (Å²) in [5.74, 6) is -0.102. The summed E-state index contributed by atoms with van der Waals surface area (Å²) < 4.78 is 3.13. The first-order chi connectivity index (χ1) is 13.2. The van der Waals surface area contributed by atoms with Gasteiger partial charge in [0, 0.05) is 5.39 Å². The fourth-order valence-corrected chi connectivity index (χ4v) is 2.79. The Kier molecular flexibility index (Phi) is 4.44. The van der Waals surface area contributed by atoms with Crippen LogP contribution in [0.2, 0.25) is 0 Å². The van der Waals surface area contributed by atoms with E-state index in [2.05, 4.69) is 20.5 Å². The number of fused-ring (bicyclic) bond motifs is 1. The Labute approximate surface area is 154 Å². The summed E-state index contributed by atoms with van der Waals surface area (Å²) in [4.78, 5) is 28.3. The molecular formula is C19H16N6O2. The van der Waals surface area contributed by atoms with Crippen LogP contribution in [0, 0.1) is 0 Å². The Hall–Kier alpha value is -3.81. The van der Waals surface area contributed by atoms with Gasteiger partial charge < -0.3 is 0 Å². The predicted octanol–water partition coefficient (Wildman–Crippen LogP) is 1.67. The van der Waals surface area contributed by atoms with Gasteiger partial charge in [-0.05, 0) is 17.7 Å². The van der Waals surface area contributed by atoms with E-state index in [1.165, 1.54) is 10.9 Å². The van der Waals surface area contributed by atoms with Crippen LogP contribution in [0.4, 0.5) is 5.95 Å². The summed E-state index contributed by atoms with van der Waals surface area (Å²) in [7, 11) is 0. The van der Waals surface area contributed by atoms with Crippen LogP contribution in [0.3, 0.4) is 0 Å². The highest BCUT2D eigenvalue weighted by Crippen LogP contribution is 2.08. The first kappa shape index (κ1) is 16.6. The molecule has 8 heteroatoms. The Bertz CT molecular complexity index is 1150. The predicted molar refractivity (Wildman–Crippen MR) is 100 cm³/mol. The lowest BCUT2D eigenvalue weighted by Crippen LogP contribution is -2.23. The molecule has 1 N–H and O–H groups in total. The molecule has 0 saturated heterocycles. The van der Waals surface area contributed by atoms with Gasteiger partial charge in [-0.3, -0.25) is 19.6 Å². The van der Waals surface area contributed by atoms with Crippen molar-refractivity contribution in [3.05, 3.63) is 82.9 Å². The number of nitrogens with zero attached hydrogens (tertiary/aromatic N) is 5. The molecule has 2 heterocycles. The monoisotopic (exact) mass is 360 g/mol. The van der Waals surface area contributed by atoms with Gasteiger partial charge in [0.05, 0.1) is 18.3 Å². The normalized spacial score (nSPS) is 10.8. The zero-order chi connectivity index (χ0) is 18.6. The second kappa shape index (κ2) is 7.20. The van der Waals surface area contributed by atoms with Crippen LogP contribution < -0.4 is 10.7 Å². The van der Waals surface area contributed by atoms with E-state index in [4.69, 9.17) is 0 Å². The molecule has 8 nitrogen and oxygen atoms in total. The molecule has 0 aliphatic rings. The average Bonchev–Trinajstić information content (AvgIpc) is 3.12. The van der Waals surface area contributed by atoms with E-state index in [0.29, 0.717) is 17.4 Å². The quantitative estimate of drug-likeness (QED) is 0.584. The second-order valence-electron chi connectivity index (χ2n) is 5.98. The summed E-state index contributed by atoms with van der Waals surface area (Å²) in [5.41, 5.74) is 1.51. The van der Waals surface area contributed by atoms with Gasteiger partial charge in [-0.2, -0.15) is 5.10 Å². The summed E-state index contributed by atoms with van der Waals surface area (Å²) in [6, 6.07) is 16.9. The fourth-order valence-electron chi connectivity index (χ4n) is 2.79. The summed E-state index contributed by atoms with van der Waals surface area (Å²) in [6.07, 6.45) is 2.78. The van der Waals surface area contributed by atoms with Crippen molar-refractivity contribution in [1.29, 1.82) is 0 Å². The van der Waals surface area contributed by atoms with Gasteiger partial charge in [0.25, 0.3) is 0 Å². The van der Waals surface area contributed by atoms with Crippen LogP contribution in [0.25, 0.3) is 10.9 Å². The minimum atomic E-state index is -0.325. The van der Waals surface area contributed by atoms with Crippen LogP contribution in [-0.2, 0) is 17.9 Å². The van der Waals surface area contributed by atoms with E-state index in [9.17, 15) is 9.59 Å². The third-order valence-electron chi connectivity index (χ3n) is 4.03. The van der Waals surface area contributed by atoms with Crippen molar-refractivity contribution >= 4 is 22.8 Å². The molecule has 0 aliphatic carbocycles. The van der Waals surface area contributed by atoms with Crippen molar-refractivity contribution in [3.63, 3.8) is 0 Å². The molecular weight excluding hydrogens is 344 g/mol. The molecule has 4 rings (SSSR count). The van der Waals surface area contributed by atoms with Crippen molar-refractivity contribution in [3.8, 4) is 0 Å². The van der Waals surface area contributed by atoms with Gasteiger partial charge in [-0.15, -0.1) is 5.10 Å². The van der Waals surface area contributed by atoms with Crippen LogP contribution in [0.1, 0.15) is 5.56 Å². The molecule has 0 fully saturated rings. The Morgan fingerprint density at radius 1 is 1.04 bits per heavy atom. The smallest absolute Gasteiger partial charge is 0.248 e. The Balaban J connectivity index is 1.46. The van der Waals surface area contributed by atoms with Gasteiger partial charge in [0.2, 0.25) is 17.3 Å². The highest BCUT2D eigenvalue weighted by Gasteiger charge is 2.10. The number of anilines is 1. The van der Waals surface area contributed by atoms with Crippen molar-refractivity contribution in [2.75, 3.05) is 5.32 Å².